The van der Waals surface area contributed by atoms with Gasteiger partial charge in [-0.2, -0.15) is 5.10 Å². The van der Waals surface area contributed by atoms with Crippen LogP contribution in [0.1, 0.15) is 113 Å². The van der Waals surface area contributed by atoms with Gasteiger partial charge in [-0.1, -0.05) is 44.6 Å². The molecule has 0 saturated heterocycles. The average Bonchev–Trinajstić information content (AvgIpc) is 3.57. The van der Waals surface area contributed by atoms with E-state index in [1.165, 1.54) is 19.3 Å². The van der Waals surface area contributed by atoms with Crippen molar-refractivity contribution < 1.29 is 14.4 Å². The molecule has 2 unspecified atom stereocenters. The number of imidazole rings is 1. The molecular formula is C33H47N7O3. The molecule has 0 spiro atoms. The Morgan fingerprint density at radius 2 is 1.74 bits per heavy atom. The van der Waals surface area contributed by atoms with Crippen LogP contribution in [0.3, 0.4) is 0 Å². The van der Waals surface area contributed by atoms with Crippen LogP contribution in [0.2, 0.25) is 0 Å². The van der Waals surface area contributed by atoms with Gasteiger partial charge in [0.2, 0.25) is 11.8 Å². The molecule has 3 atom stereocenters. The zero-order valence-electron chi connectivity index (χ0n) is 26.0. The molecule has 2 fully saturated rings. The van der Waals surface area contributed by atoms with Crippen molar-refractivity contribution in [3.63, 3.8) is 0 Å². The number of H-pyrrole nitrogens is 1. The fourth-order valence-electron chi connectivity index (χ4n) is 6.71. The summed E-state index contributed by atoms with van der Waals surface area (Å²) in [5, 5.41) is 13.5. The van der Waals surface area contributed by atoms with E-state index in [9.17, 15) is 14.4 Å². The van der Waals surface area contributed by atoms with Crippen LogP contribution in [0.15, 0.2) is 30.5 Å². The molecule has 3 amide bonds. The second-order valence-corrected chi connectivity index (χ2v) is 12.7. The van der Waals surface area contributed by atoms with Crippen LogP contribution >= 0.6 is 0 Å². The minimum Gasteiger partial charge on any atom is -0.355 e. The molecule has 10 heteroatoms. The minimum absolute atomic E-state index is 0.108. The van der Waals surface area contributed by atoms with Crippen molar-refractivity contribution in [1.29, 1.82) is 0 Å². The summed E-state index contributed by atoms with van der Waals surface area (Å²) in [6, 6.07) is 7.07. The molecule has 2 heterocycles. The highest BCUT2D eigenvalue weighted by Gasteiger charge is 2.41. The van der Waals surface area contributed by atoms with Crippen molar-refractivity contribution in [3.05, 3.63) is 47.5 Å². The smallest absolute Gasteiger partial charge is 0.270 e. The molecule has 232 valence electrons. The monoisotopic (exact) mass is 589 g/mol. The number of rotatable bonds is 10. The molecule has 2 aromatic heterocycles. The average molecular weight is 590 g/mol. The predicted octanol–water partition coefficient (Wildman–Crippen LogP) is 4.83. The van der Waals surface area contributed by atoms with Gasteiger partial charge in [-0.15, -0.1) is 0 Å². The zero-order valence-corrected chi connectivity index (χ0v) is 26.0. The number of nitrogens with zero attached hydrogens (tertiary/aromatic N) is 3. The third-order valence-corrected chi connectivity index (χ3v) is 9.79. The summed E-state index contributed by atoms with van der Waals surface area (Å²) in [7, 11) is 1.77. The molecule has 2 saturated carbocycles. The van der Waals surface area contributed by atoms with Crippen molar-refractivity contribution in [3.8, 4) is 0 Å². The highest BCUT2D eigenvalue weighted by atomic mass is 16.2. The van der Waals surface area contributed by atoms with Crippen LogP contribution < -0.4 is 16.0 Å². The van der Waals surface area contributed by atoms with Gasteiger partial charge in [-0.3, -0.25) is 19.1 Å². The van der Waals surface area contributed by atoms with Gasteiger partial charge in [0, 0.05) is 19.8 Å². The number of nitrogens with one attached hydrogen (secondary N) is 4. The number of benzene rings is 1. The minimum atomic E-state index is -0.719. The second-order valence-electron chi connectivity index (χ2n) is 12.7. The maximum Gasteiger partial charge on any atom is 0.270 e. The third kappa shape index (κ3) is 6.63. The number of hydrogen-bond acceptors (Lipinski definition) is 5. The first-order valence-electron chi connectivity index (χ1n) is 16.1. The summed E-state index contributed by atoms with van der Waals surface area (Å²) >= 11 is 0. The lowest BCUT2D eigenvalue weighted by Gasteiger charge is -2.38. The van der Waals surface area contributed by atoms with Crippen molar-refractivity contribution in [1.82, 2.24) is 35.7 Å². The van der Waals surface area contributed by atoms with E-state index in [0.29, 0.717) is 12.2 Å². The van der Waals surface area contributed by atoms with Gasteiger partial charge in [0.15, 0.2) is 0 Å². The molecule has 5 rings (SSSR count). The molecule has 3 aromatic rings. The Morgan fingerprint density at radius 1 is 1.02 bits per heavy atom. The van der Waals surface area contributed by atoms with Crippen LogP contribution in [-0.2, 0) is 22.2 Å². The van der Waals surface area contributed by atoms with Gasteiger partial charge in [-0.25, -0.2) is 4.98 Å². The predicted molar refractivity (Wildman–Crippen MR) is 166 cm³/mol. The summed E-state index contributed by atoms with van der Waals surface area (Å²) in [5.74, 6) is 0.228. The normalized spacial score (nSPS) is 19.3. The first-order valence-corrected chi connectivity index (χ1v) is 16.1. The van der Waals surface area contributed by atoms with E-state index in [1.54, 1.807) is 24.0 Å². The Hall–Kier alpha value is -3.69. The molecule has 43 heavy (non-hydrogen) atoms. The van der Waals surface area contributed by atoms with Crippen LogP contribution in [0, 0.1) is 11.8 Å². The number of amides is 3. The quantitative estimate of drug-likeness (QED) is 0.269. The van der Waals surface area contributed by atoms with Crippen molar-refractivity contribution in [2.24, 2.45) is 18.9 Å². The second kappa shape index (κ2) is 13.3. The van der Waals surface area contributed by atoms with Gasteiger partial charge >= 0.3 is 0 Å². The number of carbonyl (C=O) groups is 3. The first-order chi connectivity index (χ1) is 20.7. The standard InChI is InChI=1S/C33H47N7O3/c1-5-34-31(43)28(22-12-11-13-22)38-29(41)21(2)23-16-17-25-26(20-23)37-32(36-25)33(3,24-14-9-7-6-8-10-15-24)39-30(42)27-18-19-35-40(27)4/h16-22,24,28H,5-15H2,1-4H3,(H,34,43)(H,36,37)(H,38,41)(H,39,42)/t21?,28-,33?/m1/s1. The Kier molecular flexibility index (Phi) is 9.52. The van der Waals surface area contributed by atoms with Crippen LogP contribution in [-0.4, -0.2) is 50.1 Å². The van der Waals surface area contributed by atoms with E-state index in [1.807, 2.05) is 32.0 Å². The summed E-state index contributed by atoms with van der Waals surface area (Å²) in [4.78, 5) is 48.1. The first kappa shape index (κ1) is 30.8. The van der Waals surface area contributed by atoms with Crippen molar-refractivity contribution in [2.45, 2.75) is 102 Å². The van der Waals surface area contributed by atoms with Crippen LogP contribution in [0.5, 0.6) is 0 Å². The van der Waals surface area contributed by atoms with Crippen LogP contribution in [0.25, 0.3) is 11.0 Å². The van der Waals surface area contributed by atoms with E-state index in [2.05, 4.69) is 33.0 Å². The fraction of sp³-hybridized carbons (Fsp3) is 0.606. The van der Waals surface area contributed by atoms with E-state index < -0.39 is 17.5 Å². The van der Waals surface area contributed by atoms with Gasteiger partial charge in [0.1, 0.15) is 17.6 Å². The number of aromatic amines is 1. The van der Waals surface area contributed by atoms with Crippen LogP contribution in [0.4, 0.5) is 0 Å². The summed E-state index contributed by atoms with van der Waals surface area (Å²) < 4.78 is 1.59. The molecule has 0 bridgehead atoms. The number of likely N-dealkylation sites (N-methyl/N-ethyl adjacent to an activating group) is 1. The molecule has 0 aliphatic heterocycles. The Balaban J connectivity index is 1.41. The van der Waals surface area contributed by atoms with Gasteiger partial charge in [0.25, 0.3) is 5.91 Å². The molecule has 4 N–H and O–H groups in total. The number of carbonyl (C=O) groups excluding carboxylic acids is 3. The van der Waals surface area contributed by atoms with E-state index >= 15 is 0 Å². The van der Waals surface area contributed by atoms with Gasteiger partial charge < -0.3 is 20.9 Å². The highest BCUT2D eigenvalue weighted by molar-refractivity contribution is 5.93. The Labute approximate surface area is 254 Å². The topological polar surface area (TPSA) is 134 Å². The van der Waals surface area contributed by atoms with Crippen molar-refractivity contribution >= 4 is 28.8 Å². The Morgan fingerprint density at radius 3 is 2.37 bits per heavy atom. The summed E-state index contributed by atoms with van der Waals surface area (Å²) in [6.45, 7) is 6.38. The Bertz CT molecular complexity index is 1430. The molecule has 0 radical (unpaired) electrons. The maximum absolute atomic E-state index is 13.5. The van der Waals surface area contributed by atoms with Crippen molar-refractivity contribution in [2.75, 3.05) is 6.54 Å². The lowest BCUT2D eigenvalue weighted by Crippen LogP contribution is -2.53. The van der Waals surface area contributed by atoms with E-state index in [4.69, 9.17) is 4.98 Å². The van der Waals surface area contributed by atoms with Gasteiger partial charge in [0.05, 0.1) is 22.5 Å². The molecule has 1 aromatic carbocycles. The largest absolute Gasteiger partial charge is 0.355 e. The molecule has 10 nitrogen and oxygen atoms in total. The van der Waals surface area contributed by atoms with Gasteiger partial charge in [-0.05, 0) is 82.1 Å². The van der Waals surface area contributed by atoms with E-state index in [0.717, 1.165) is 67.4 Å². The lowest BCUT2D eigenvalue weighted by molar-refractivity contribution is -0.131. The fourth-order valence-corrected chi connectivity index (χ4v) is 6.71. The number of aryl methyl sites for hydroxylation is 1. The third-order valence-electron chi connectivity index (χ3n) is 9.79. The summed E-state index contributed by atoms with van der Waals surface area (Å²) in [5.41, 5.74) is 2.23. The molecule has 2 aliphatic rings. The SMILES string of the molecule is CCNC(=O)[C@H](NC(=O)C(C)c1ccc2nc(C(C)(NC(=O)c3ccnn3C)C3CCCCCCC3)[nH]c2c1)C1CCC1. The maximum atomic E-state index is 13.5. The molecule has 2 aliphatic carbocycles. The molecular weight excluding hydrogens is 542 g/mol. The number of fused-ring (bicyclic) bond motifs is 1. The zero-order chi connectivity index (χ0) is 30.6. The summed E-state index contributed by atoms with van der Waals surface area (Å²) in [6.07, 6.45) is 12.6. The van der Waals surface area contributed by atoms with E-state index in [-0.39, 0.29) is 29.6 Å². The lowest BCUT2D eigenvalue weighted by atomic mass is 9.76. The number of hydrogen-bond donors (Lipinski definition) is 4. The highest BCUT2D eigenvalue weighted by Crippen LogP contribution is 2.38. The number of aromatic nitrogens is 4.